The average molecular weight is 501 g/mol. The summed E-state index contributed by atoms with van der Waals surface area (Å²) in [6, 6.07) is 3.28. The molecule has 2 nitrogen and oxygen atoms in total. The van der Waals surface area contributed by atoms with Crippen LogP contribution in [0.2, 0.25) is 0 Å². The summed E-state index contributed by atoms with van der Waals surface area (Å²) < 4.78 is 0. The number of piperidine rings is 2. The molecule has 4 fully saturated rings. The number of rotatable bonds is 13. The van der Waals surface area contributed by atoms with E-state index in [1.165, 1.54) is 128 Å². The van der Waals surface area contributed by atoms with Crippen LogP contribution >= 0.6 is 0 Å². The van der Waals surface area contributed by atoms with E-state index in [1.54, 1.807) is 0 Å². The van der Waals surface area contributed by atoms with E-state index in [4.69, 9.17) is 0 Å². The second kappa shape index (κ2) is 14.9. The first kappa shape index (κ1) is 28.9. The molecule has 210 valence electrons. The Morgan fingerprint density at radius 1 is 0.472 bits per heavy atom. The minimum atomic E-state index is 0.803. The van der Waals surface area contributed by atoms with Crippen LogP contribution in [-0.4, -0.2) is 24.2 Å². The Bertz CT molecular complexity index is 552. The highest BCUT2D eigenvalue weighted by Crippen LogP contribution is 2.45. The molecule has 10 unspecified atom stereocenters. The Morgan fingerprint density at radius 3 is 1.28 bits per heavy atom. The predicted molar refractivity (Wildman–Crippen MR) is 157 cm³/mol. The molecular weight excluding hydrogens is 436 g/mol. The van der Waals surface area contributed by atoms with Crippen LogP contribution in [0, 0.1) is 35.5 Å². The number of nitrogens with one attached hydrogen (secondary N) is 2. The average Bonchev–Trinajstić information content (AvgIpc) is 2.91. The van der Waals surface area contributed by atoms with Gasteiger partial charge in [0.05, 0.1) is 0 Å². The van der Waals surface area contributed by atoms with Crippen molar-refractivity contribution in [2.75, 3.05) is 0 Å². The zero-order valence-electron chi connectivity index (χ0n) is 24.9. The van der Waals surface area contributed by atoms with E-state index < -0.39 is 0 Å². The Kier molecular flexibility index (Phi) is 12.0. The van der Waals surface area contributed by atoms with Gasteiger partial charge in [-0.25, -0.2) is 0 Å². The van der Waals surface area contributed by atoms with E-state index in [0.717, 1.165) is 59.7 Å². The summed E-state index contributed by atoms with van der Waals surface area (Å²) in [5.74, 6) is 5.82. The number of unbranched alkanes of at least 4 members (excludes halogenated alkanes) is 3. The van der Waals surface area contributed by atoms with E-state index in [9.17, 15) is 0 Å². The Hall–Kier alpha value is -0.0800. The second-order valence-corrected chi connectivity index (χ2v) is 13.7. The van der Waals surface area contributed by atoms with E-state index in [0.29, 0.717) is 0 Å². The van der Waals surface area contributed by atoms with Gasteiger partial charge in [-0.1, -0.05) is 105 Å². The molecule has 10 atom stereocenters. The number of fused-ring (bicyclic) bond motifs is 2. The highest BCUT2D eigenvalue weighted by atomic mass is 15.0. The van der Waals surface area contributed by atoms with Crippen molar-refractivity contribution < 1.29 is 0 Å². The van der Waals surface area contributed by atoms with Gasteiger partial charge in [-0.05, 0) is 86.9 Å². The fourth-order valence-corrected chi connectivity index (χ4v) is 10.2. The molecule has 4 rings (SSSR count). The monoisotopic (exact) mass is 501 g/mol. The maximum absolute atomic E-state index is 4.24. The van der Waals surface area contributed by atoms with Gasteiger partial charge in [0, 0.05) is 24.2 Å². The quantitative estimate of drug-likeness (QED) is 0.246. The second-order valence-electron chi connectivity index (χ2n) is 13.7. The van der Waals surface area contributed by atoms with Crippen LogP contribution in [0.4, 0.5) is 0 Å². The molecule has 0 bridgehead atoms. The molecule has 2 saturated carbocycles. The molecule has 2 saturated heterocycles. The van der Waals surface area contributed by atoms with Gasteiger partial charge in [-0.3, -0.25) is 0 Å². The van der Waals surface area contributed by atoms with Gasteiger partial charge in [0.15, 0.2) is 0 Å². The minimum absolute atomic E-state index is 0.803. The van der Waals surface area contributed by atoms with Gasteiger partial charge in [-0.15, -0.1) is 0 Å². The standard InChI is InChI=1S/C34H64N2/c1-5-17-27-25(7-3)29-19-13-15-23-33(29)35-31(27)21-11-9-10-12-22-32-28(18-6-2)26(8-4)30-20-14-16-24-34(30)36-32/h25-36H,5-24H2,1-4H3. The molecule has 0 amide bonds. The van der Waals surface area contributed by atoms with Crippen LogP contribution < -0.4 is 10.6 Å². The Balaban J connectivity index is 1.23. The van der Waals surface area contributed by atoms with Crippen LogP contribution in [0.1, 0.15) is 156 Å². The maximum Gasteiger partial charge on any atom is 0.0101 e. The first-order valence-electron chi connectivity index (χ1n) is 17.2. The largest absolute Gasteiger partial charge is 0.311 e. The lowest BCUT2D eigenvalue weighted by molar-refractivity contribution is 0.0365. The summed E-state index contributed by atoms with van der Waals surface area (Å²) >= 11 is 0. The van der Waals surface area contributed by atoms with Crippen molar-refractivity contribution in [1.29, 1.82) is 0 Å². The first-order chi connectivity index (χ1) is 17.7. The van der Waals surface area contributed by atoms with Crippen LogP contribution in [0.5, 0.6) is 0 Å². The third-order valence-corrected chi connectivity index (χ3v) is 11.7. The first-order valence-corrected chi connectivity index (χ1v) is 17.2. The normalized spacial score (nSPS) is 41.0. The van der Waals surface area contributed by atoms with Gasteiger partial charge < -0.3 is 10.6 Å². The van der Waals surface area contributed by atoms with E-state index >= 15 is 0 Å². The molecule has 0 spiro atoms. The molecule has 4 aliphatic rings. The highest BCUT2D eigenvalue weighted by Gasteiger charge is 2.44. The van der Waals surface area contributed by atoms with Crippen LogP contribution in [0.25, 0.3) is 0 Å². The van der Waals surface area contributed by atoms with Crippen molar-refractivity contribution in [1.82, 2.24) is 10.6 Å². The minimum Gasteiger partial charge on any atom is -0.311 e. The molecule has 2 aliphatic heterocycles. The molecule has 2 heteroatoms. The zero-order chi connectivity index (χ0) is 25.3. The summed E-state index contributed by atoms with van der Waals surface area (Å²) in [7, 11) is 0. The van der Waals surface area contributed by atoms with Gasteiger partial charge in [0.25, 0.3) is 0 Å². The summed E-state index contributed by atoms with van der Waals surface area (Å²) in [5, 5.41) is 8.49. The number of hydrogen-bond acceptors (Lipinski definition) is 2. The molecule has 36 heavy (non-hydrogen) atoms. The molecule has 0 aromatic heterocycles. The van der Waals surface area contributed by atoms with Crippen molar-refractivity contribution >= 4 is 0 Å². The van der Waals surface area contributed by atoms with Crippen molar-refractivity contribution in [3.63, 3.8) is 0 Å². The number of hydrogen-bond donors (Lipinski definition) is 2. The Labute approximate surface area is 226 Å². The topological polar surface area (TPSA) is 24.1 Å². The molecular formula is C34H64N2. The lowest BCUT2D eigenvalue weighted by Gasteiger charge is -2.51. The van der Waals surface area contributed by atoms with Crippen molar-refractivity contribution in [3.8, 4) is 0 Å². The molecule has 2 heterocycles. The third kappa shape index (κ3) is 6.91. The fraction of sp³-hybridized carbons (Fsp3) is 1.00. The summed E-state index contributed by atoms with van der Waals surface area (Å²) in [5.41, 5.74) is 0. The van der Waals surface area contributed by atoms with Crippen molar-refractivity contribution in [2.24, 2.45) is 35.5 Å². The van der Waals surface area contributed by atoms with Crippen LogP contribution in [0.3, 0.4) is 0 Å². The van der Waals surface area contributed by atoms with Gasteiger partial charge >= 0.3 is 0 Å². The maximum atomic E-state index is 4.24. The van der Waals surface area contributed by atoms with E-state index in [-0.39, 0.29) is 0 Å². The van der Waals surface area contributed by atoms with E-state index in [1.807, 2.05) is 0 Å². The van der Waals surface area contributed by atoms with E-state index in [2.05, 4.69) is 38.3 Å². The lowest BCUT2D eigenvalue weighted by atomic mass is 9.63. The van der Waals surface area contributed by atoms with Crippen molar-refractivity contribution in [2.45, 2.75) is 180 Å². The molecule has 2 N–H and O–H groups in total. The fourth-order valence-electron chi connectivity index (χ4n) is 10.2. The molecule has 2 aliphatic carbocycles. The molecule has 0 aromatic rings. The van der Waals surface area contributed by atoms with Crippen LogP contribution in [-0.2, 0) is 0 Å². The van der Waals surface area contributed by atoms with Gasteiger partial charge in [0.1, 0.15) is 0 Å². The zero-order valence-corrected chi connectivity index (χ0v) is 24.9. The van der Waals surface area contributed by atoms with Crippen LogP contribution in [0.15, 0.2) is 0 Å². The van der Waals surface area contributed by atoms with Gasteiger partial charge in [0.2, 0.25) is 0 Å². The summed E-state index contributed by atoms with van der Waals surface area (Å²) in [6.45, 7) is 9.82. The Morgan fingerprint density at radius 2 is 0.889 bits per heavy atom. The molecule has 0 aromatic carbocycles. The molecule has 0 radical (unpaired) electrons. The van der Waals surface area contributed by atoms with Crippen molar-refractivity contribution in [3.05, 3.63) is 0 Å². The van der Waals surface area contributed by atoms with Gasteiger partial charge in [-0.2, -0.15) is 0 Å². The predicted octanol–water partition coefficient (Wildman–Crippen LogP) is 9.27. The lowest BCUT2D eigenvalue weighted by Crippen LogP contribution is -2.57. The summed E-state index contributed by atoms with van der Waals surface area (Å²) in [4.78, 5) is 0. The smallest absolute Gasteiger partial charge is 0.0101 e. The SMILES string of the molecule is CCCC1C(CCCCCCC2NC3CCCCC3C(CC)C2CCC)NC2CCCCC2C1CC. The summed E-state index contributed by atoms with van der Waals surface area (Å²) in [6.07, 6.45) is 28.9. The third-order valence-electron chi connectivity index (χ3n) is 11.7. The highest BCUT2D eigenvalue weighted by molar-refractivity contribution is 4.99.